The number of rotatable bonds is 3. The maximum absolute atomic E-state index is 13.1. The van der Waals surface area contributed by atoms with E-state index < -0.39 is 0 Å². The fourth-order valence-electron chi connectivity index (χ4n) is 3.43. The number of nitrogens with two attached hydrogens (primary N) is 2. The number of nitriles is 1. The van der Waals surface area contributed by atoms with Gasteiger partial charge in [0.1, 0.15) is 23.3 Å². The Morgan fingerprint density at radius 1 is 1.16 bits per heavy atom. The smallest absolute Gasteiger partial charge is 0.262 e. The molecule has 1 aromatic carbocycles. The number of aryl methyl sites for hydroxylation is 1. The maximum Gasteiger partial charge on any atom is 0.262 e. The summed E-state index contributed by atoms with van der Waals surface area (Å²) < 4.78 is 1.89. The van der Waals surface area contributed by atoms with Crippen LogP contribution in [0.1, 0.15) is 37.2 Å². The van der Waals surface area contributed by atoms with E-state index in [0.29, 0.717) is 11.4 Å². The molecule has 1 fully saturated rings. The van der Waals surface area contributed by atoms with Crippen molar-refractivity contribution in [1.82, 2.24) is 29.7 Å². The highest BCUT2D eigenvalue weighted by Gasteiger charge is 2.28. The van der Waals surface area contributed by atoms with Crippen molar-refractivity contribution in [2.45, 2.75) is 32.2 Å². The lowest BCUT2D eigenvalue weighted by Crippen LogP contribution is -2.24. The summed E-state index contributed by atoms with van der Waals surface area (Å²) in [5, 5.41) is 16.8. The second-order valence-corrected chi connectivity index (χ2v) is 7.26. The lowest BCUT2D eigenvalue weighted by Gasteiger charge is -2.13. The molecule has 5 rings (SSSR count). The van der Waals surface area contributed by atoms with Crippen LogP contribution in [0.5, 0.6) is 0 Å². The van der Waals surface area contributed by atoms with Crippen LogP contribution in [0.4, 0.5) is 11.8 Å². The van der Waals surface area contributed by atoms with Crippen molar-refractivity contribution >= 4 is 22.7 Å². The number of aromatic nitrogens is 6. The molecule has 3 heterocycles. The number of benzene rings is 1. The molecule has 0 saturated heterocycles. The molecule has 160 valence electrons. The fourth-order valence-corrected chi connectivity index (χ4v) is 3.43. The van der Waals surface area contributed by atoms with E-state index in [1.54, 1.807) is 12.4 Å². The molecule has 32 heavy (non-hydrogen) atoms. The van der Waals surface area contributed by atoms with Crippen molar-refractivity contribution in [1.29, 1.82) is 5.26 Å². The van der Waals surface area contributed by atoms with E-state index >= 15 is 0 Å². The molecule has 0 atom stereocenters. The van der Waals surface area contributed by atoms with E-state index in [1.165, 1.54) is 6.20 Å². The molecular formula is C22H21N9O. The SMILES string of the molecule is CCc1nc2cccc(-c3ccnnc3)c2c(=O)n1C1CC1.N#Cc1cnc(N)nc1N. The molecule has 10 heteroatoms. The van der Waals surface area contributed by atoms with Crippen molar-refractivity contribution in [2.75, 3.05) is 11.5 Å². The van der Waals surface area contributed by atoms with E-state index in [2.05, 4.69) is 20.2 Å². The Balaban J connectivity index is 0.000000207. The average Bonchev–Trinajstić information content (AvgIpc) is 3.64. The molecule has 0 aliphatic heterocycles. The summed E-state index contributed by atoms with van der Waals surface area (Å²) in [7, 11) is 0. The van der Waals surface area contributed by atoms with E-state index in [-0.39, 0.29) is 22.9 Å². The van der Waals surface area contributed by atoms with E-state index in [9.17, 15) is 4.79 Å². The molecule has 0 bridgehead atoms. The highest BCUT2D eigenvalue weighted by Crippen LogP contribution is 2.35. The van der Waals surface area contributed by atoms with Gasteiger partial charge in [-0.1, -0.05) is 19.1 Å². The Morgan fingerprint density at radius 2 is 1.97 bits per heavy atom. The molecule has 0 radical (unpaired) electrons. The van der Waals surface area contributed by atoms with Crippen LogP contribution in [-0.2, 0) is 6.42 Å². The number of fused-ring (bicyclic) bond motifs is 1. The molecule has 10 nitrogen and oxygen atoms in total. The van der Waals surface area contributed by atoms with Crippen LogP contribution < -0.4 is 17.0 Å². The Morgan fingerprint density at radius 3 is 2.59 bits per heavy atom. The first-order valence-electron chi connectivity index (χ1n) is 10.1. The monoisotopic (exact) mass is 427 g/mol. The largest absolute Gasteiger partial charge is 0.382 e. The van der Waals surface area contributed by atoms with Gasteiger partial charge in [0.25, 0.3) is 5.56 Å². The Kier molecular flexibility index (Phi) is 5.72. The number of hydrogen-bond acceptors (Lipinski definition) is 9. The topological polar surface area (TPSA) is 162 Å². The predicted octanol–water partition coefficient (Wildman–Crippen LogP) is 2.26. The van der Waals surface area contributed by atoms with Crippen molar-refractivity contribution in [3.8, 4) is 17.2 Å². The predicted molar refractivity (Wildman–Crippen MR) is 120 cm³/mol. The minimum atomic E-state index is 0.0664. The lowest BCUT2D eigenvalue weighted by atomic mass is 10.0. The Bertz CT molecular complexity index is 1370. The first-order valence-corrected chi connectivity index (χ1v) is 10.1. The van der Waals surface area contributed by atoms with Crippen LogP contribution in [0.3, 0.4) is 0 Å². The van der Waals surface area contributed by atoms with Crippen LogP contribution >= 0.6 is 0 Å². The van der Waals surface area contributed by atoms with Crippen molar-refractivity contribution in [2.24, 2.45) is 0 Å². The first-order chi connectivity index (χ1) is 15.5. The van der Waals surface area contributed by atoms with Crippen LogP contribution in [-0.4, -0.2) is 29.7 Å². The molecule has 3 aromatic heterocycles. The maximum atomic E-state index is 13.1. The second kappa shape index (κ2) is 8.77. The van der Waals surface area contributed by atoms with Gasteiger partial charge in [0.05, 0.1) is 29.5 Å². The van der Waals surface area contributed by atoms with Gasteiger partial charge < -0.3 is 11.5 Å². The van der Waals surface area contributed by atoms with Crippen LogP contribution in [0.15, 0.2) is 47.7 Å². The van der Waals surface area contributed by atoms with Gasteiger partial charge in [-0.15, -0.1) is 0 Å². The highest BCUT2D eigenvalue weighted by atomic mass is 16.1. The summed E-state index contributed by atoms with van der Waals surface area (Å²) >= 11 is 0. The quantitative estimate of drug-likeness (QED) is 0.499. The van der Waals surface area contributed by atoms with Crippen LogP contribution in [0.2, 0.25) is 0 Å². The highest BCUT2D eigenvalue weighted by molar-refractivity contribution is 5.93. The zero-order valence-corrected chi connectivity index (χ0v) is 17.4. The summed E-state index contributed by atoms with van der Waals surface area (Å²) in [6.07, 6.45) is 7.52. The molecular weight excluding hydrogens is 406 g/mol. The molecule has 0 amide bonds. The van der Waals surface area contributed by atoms with Crippen molar-refractivity contribution < 1.29 is 0 Å². The summed E-state index contributed by atoms with van der Waals surface area (Å²) in [6.45, 7) is 2.04. The first kappa shape index (κ1) is 20.9. The zero-order valence-electron chi connectivity index (χ0n) is 17.4. The number of nitrogens with zero attached hydrogens (tertiary/aromatic N) is 7. The van der Waals surface area contributed by atoms with Gasteiger partial charge in [0.2, 0.25) is 5.95 Å². The summed E-state index contributed by atoms with van der Waals surface area (Å²) in [5.74, 6) is 1.08. The summed E-state index contributed by atoms with van der Waals surface area (Å²) in [4.78, 5) is 24.9. The lowest BCUT2D eigenvalue weighted by molar-refractivity contribution is 0.646. The molecule has 0 unspecified atom stereocenters. The number of nitrogen functional groups attached to an aromatic ring is 2. The molecule has 4 aromatic rings. The van der Waals surface area contributed by atoms with Gasteiger partial charge in [0, 0.05) is 18.0 Å². The minimum Gasteiger partial charge on any atom is -0.382 e. The van der Waals surface area contributed by atoms with Gasteiger partial charge in [-0.2, -0.15) is 20.4 Å². The van der Waals surface area contributed by atoms with Crippen molar-refractivity contribution in [3.63, 3.8) is 0 Å². The third-order valence-electron chi connectivity index (χ3n) is 5.08. The molecule has 1 aliphatic carbocycles. The fraction of sp³-hybridized carbons (Fsp3) is 0.227. The van der Waals surface area contributed by atoms with E-state index in [4.69, 9.17) is 21.7 Å². The minimum absolute atomic E-state index is 0.0664. The van der Waals surface area contributed by atoms with Gasteiger partial charge in [0.15, 0.2) is 0 Å². The number of hydrogen-bond donors (Lipinski definition) is 2. The molecule has 1 saturated carbocycles. The van der Waals surface area contributed by atoms with Gasteiger partial charge in [-0.3, -0.25) is 9.36 Å². The normalized spacial score (nSPS) is 12.6. The van der Waals surface area contributed by atoms with Gasteiger partial charge >= 0.3 is 0 Å². The Hall–Kier alpha value is -4.39. The summed E-state index contributed by atoms with van der Waals surface area (Å²) in [5.41, 5.74) is 13.3. The van der Waals surface area contributed by atoms with Crippen molar-refractivity contribution in [3.05, 3.63) is 64.6 Å². The van der Waals surface area contributed by atoms with Crippen LogP contribution in [0.25, 0.3) is 22.0 Å². The Labute approximate surface area is 183 Å². The molecule has 4 N–H and O–H groups in total. The standard InChI is InChI=1S/C17H16N4O.C5H5N5/c1-2-15-20-14-5-3-4-13(11-8-9-18-19-10-11)16(14)17(22)21(15)12-6-7-12;6-1-3-2-9-5(8)10-4(3)7/h3-5,8-10,12H,2,6-7H2,1H3;2H,(H4,7,8,9,10). The molecule has 0 spiro atoms. The zero-order chi connectivity index (χ0) is 22.7. The third-order valence-corrected chi connectivity index (χ3v) is 5.08. The summed E-state index contributed by atoms with van der Waals surface area (Å²) in [6, 6.07) is 9.80. The van der Waals surface area contributed by atoms with Gasteiger partial charge in [-0.25, -0.2) is 9.97 Å². The van der Waals surface area contributed by atoms with Crippen LogP contribution in [0, 0.1) is 11.3 Å². The third kappa shape index (κ3) is 4.09. The number of anilines is 2. The van der Waals surface area contributed by atoms with E-state index in [0.717, 1.165) is 41.7 Å². The average molecular weight is 427 g/mol. The van der Waals surface area contributed by atoms with E-state index in [1.807, 2.05) is 41.8 Å². The molecule has 1 aliphatic rings. The second-order valence-electron chi connectivity index (χ2n) is 7.26. The van der Waals surface area contributed by atoms with Gasteiger partial charge in [-0.05, 0) is 30.5 Å².